The van der Waals surface area contributed by atoms with Crippen molar-refractivity contribution in [1.82, 2.24) is 4.90 Å². The Balaban J connectivity index is 1.62. The number of guanidine groups is 2. The van der Waals surface area contributed by atoms with Crippen molar-refractivity contribution >= 4 is 34.1 Å². The number of rotatable bonds is 3. The van der Waals surface area contributed by atoms with Crippen LogP contribution in [0.15, 0.2) is 70.6 Å². The fourth-order valence-electron chi connectivity index (χ4n) is 4.20. The quantitative estimate of drug-likeness (QED) is 0.665. The molecule has 0 amide bonds. The molecule has 2 heterocycles. The highest BCUT2D eigenvalue weighted by Crippen LogP contribution is 2.31. The molecule has 5 rings (SSSR count). The van der Waals surface area contributed by atoms with Crippen molar-refractivity contribution in [3.05, 3.63) is 71.8 Å². The molecule has 0 aliphatic carbocycles. The fourth-order valence-corrected chi connectivity index (χ4v) is 4.20. The summed E-state index contributed by atoms with van der Waals surface area (Å²) < 4.78 is 5.58. The molecule has 0 aromatic heterocycles. The van der Waals surface area contributed by atoms with Crippen LogP contribution in [0, 0.1) is 13.8 Å². The number of hydrogen-bond acceptors (Lipinski definition) is 7. The molecular formula is C25H28N6O. The molecule has 7 heteroatoms. The van der Waals surface area contributed by atoms with Gasteiger partial charge in [0.15, 0.2) is 0 Å². The molecule has 0 radical (unpaired) electrons. The smallest absolute Gasteiger partial charge is 0.222 e. The molecule has 3 aromatic rings. The first-order valence-electron chi connectivity index (χ1n) is 11.0. The third kappa shape index (κ3) is 3.87. The Bertz CT molecular complexity index is 1190. The zero-order valence-corrected chi connectivity index (χ0v) is 18.5. The van der Waals surface area contributed by atoms with Gasteiger partial charge < -0.3 is 20.7 Å². The molecule has 0 bridgehead atoms. The van der Waals surface area contributed by atoms with E-state index in [1.165, 1.54) is 16.5 Å². The number of nitrogens with one attached hydrogen (secondary N) is 1. The zero-order chi connectivity index (χ0) is 22.1. The standard InChI is InChI=1S/C25H28N6O/c1-17-10-11-20(16-18(17)2)27-24-28-23(26)29-25(30-12-14-32-15-13-30)31(24)22-9-5-7-19-6-3-4-8-21(19)22/h3-11,16,24,27H,12-15H2,1-2H3,(H2,26,28). The SMILES string of the molecule is Cc1ccc(NC2N=C(N)N=C(N3CCOCC3)N2c2cccc3ccccc23)cc1C. The Kier molecular flexibility index (Phi) is 5.41. The molecule has 0 saturated carbocycles. The van der Waals surface area contributed by atoms with Crippen molar-refractivity contribution < 1.29 is 4.74 Å². The molecule has 2 aliphatic rings. The summed E-state index contributed by atoms with van der Waals surface area (Å²) in [7, 11) is 0. The topological polar surface area (TPSA) is 78.5 Å². The van der Waals surface area contributed by atoms with Gasteiger partial charge in [-0.05, 0) is 48.6 Å². The van der Waals surface area contributed by atoms with Crippen molar-refractivity contribution in [3.8, 4) is 0 Å². The number of fused-ring (bicyclic) bond motifs is 1. The number of aryl methyl sites for hydroxylation is 2. The van der Waals surface area contributed by atoms with Crippen LogP contribution in [0.5, 0.6) is 0 Å². The number of morpholine rings is 1. The first kappa shape index (κ1) is 20.3. The Morgan fingerprint density at radius 2 is 1.75 bits per heavy atom. The molecule has 1 saturated heterocycles. The van der Waals surface area contributed by atoms with E-state index in [0.29, 0.717) is 13.2 Å². The number of aliphatic imine (C=N–C) groups is 2. The van der Waals surface area contributed by atoms with Crippen LogP contribution in [0.4, 0.5) is 11.4 Å². The van der Waals surface area contributed by atoms with Crippen molar-refractivity contribution in [1.29, 1.82) is 0 Å². The maximum absolute atomic E-state index is 6.22. The average molecular weight is 429 g/mol. The van der Waals surface area contributed by atoms with Gasteiger partial charge in [-0.2, -0.15) is 4.99 Å². The van der Waals surface area contributed by atoms with Crippen LogP contribution in [-0.4, -0.2) is 49.4 Å². The third-order valence-electron chi connectivity index (χ3n) is 6.05. The molecule has 3 aromatic carbocycles. The maximum atomic E-state index is 6.22. The largest absolute Gasteiger partial charge is 0.378 e. The highest BCUT2D eigenvalue weighted by Gasteiger charge is 2.33. The van der Waals surface area contributed by atoms with Gasteiger partial charge in [0.1, 0.15) is 0 Å². The molecular weight excluding hydrogens is 400 g/mol. The van der Waals surface area contributed by atoms with Crippen LogP contribution in [0.2, 0.25) is 0 Å². The summed E-state index contributed by atoms with van der Waals surface area (Å²) in [6.45, 7) is 7.06. The second-order valence-electron chi connectivity index (χ2n) is 8.18. The molecule has 3 N–H and O–H groups in total. The van der Waals surface area contributed by atoms with E-state index >= 15 is 0 Å². The van der Waals surface area contributed by atoms with Crippen LogP contribution in [-0.2, 0) is 4.74 Å². The lowest BCUT2D eigenvalue weighted by Crippen LogP contribution is -2.57. The van der Waals surface area contributed by atoms with E-state index in [1.807, 2.05) is 0 Å². The number of nitrogens with two attached hydrogens (primary N) is 1. The molecule has 32 heavy (non-hydrogen) atoms. The first-order valence-corrected chi connectivity index (χ1v) is 11.0. The molecule has 2 aliphatic heterocycles. The van der Waals surface area contributed by atoms with Crippen molar-refractivity contribution in [2.75, 3.05) is 36.5 Å². The summed E-state index contributed by atoms with van der Waals surface area (Å²) in [5.41, 5.74) is 10.7. The first-order chi connectivity index (χ1) is 15.6. The predicted molar refractivity (Wildman–Crippen MR) is 131 cm³/mol. The van der Waals surface area contributed by atoms with Crippen molar-refractivity contribution in [2.24, 2.45) is 15.7 Å². The molecule has 1 fully saturated rings. The van der Waals surface area contributed by atoms with E-state index in [2.05, 4.69) is 89.6 Å². The molecule has 164 valence electrons. The Morgan fingerprint density at radius 3 is 2.56 bits per heavy atom. The van der Waals surface area contributed by atoms with Crippen LogP contribution < -0.4 is 16.0 Å². The minimum absolute atomic E-state index is 0.268. The predicted octanol–water partition coefficient (Wildman–Crippen LogP) is 3.68. The number of hydrogen-bond donors (Lipinski definition) is 2. The second-order valence-corrected chi connectivity index (χ2v) is 8.18. The van der Waals surface area contributed by atoms with Gasteiger partial charge in [-0.15, -0.1) is 0 Å². The number of anilines is 2. The van der Waals surface area contributed by atoms with Gasteiger partial charge in [0.05, 0.1) is 18.9 Å². The normalized spacial score (nSPS) is 19.0. The number of nitrogens with zero attached hydrogens (tertiary/aromatic N) is 4. The summed E-state index contributed by atoms with van der Waals surface area (Å²) in [5, 5.41) is 5.88. The van der Waals surface area contributed by atoms with E-state index in [4.69, 9.17) is 20.5 Å². The lowest BCUT2D eigenvalue weighted by molar-refractivity contribution is 0.0671. The van der Waals surface area contributed by atoms with Gasteiger partial charge in [0, 0.05) is 24.2 Å². The van der Waals surface area contributed by atoms with Crippen molar-refractivity contribution in [2.45, 2.75) is 20.1 Å². The van der Waals surface area contributed by atoms with E-state index in [9.17, 15) is 0 Å². The highest BCUT2D eigenvalue weighted by atomic mass is 16.5. The summed E-state index contributed by atoms with van der Waals surface area (Å²) in [4.78, 5) is 13.8. The average Bonchev–Trinajstić information content (AvgIpc) is 2.81. The van der Waals surface area contributed by atoms with E-state index in [0.717, 1.165) is 35.8 Å². The molecule has 7 nitrogen and oxygen atoms in total. The van der Waals surface area contributed by atoms with Crippen molar-refractivity contribution in [3.63, 3.8) is 0 Å². The van der Waals surface area contributed by atoms with Gasteiger partial charge >= 0.3 is 0 Å². The Hall–Kier alpha value is -3.58. The Labute approximate surface area is 188 Å². The number of ether oxygens (including phenoxy) is 1. The molecule has 0 spiro atoms. The van der Waals surface area contributed by atoms with Gasteiger partial charge in [-0.25, -0.2) is 4.99 Å². The monoisotopic (exact) mass is 428 g/mol. The van der Waals surface area contributed by atoms with E-state index < -0.39 is 6.29 Å². The molecule has 1 unspecified atom stereocenters. The highest BCUT2D eigenvalue weighted by molar-refractivity contribution is 6.10. The van der Waals surface area contributed by atoms with Gasteiger partial charge in [0.2, 0.25) is 18.2 Å². The van der Waals surface area contributed by atoms with Crippen LogP contribution in [0.25, 0.3) is 10.8 Å². The molecule has 1 atom stereocenters. The second kappa shape index (κ2) is 8.51. The fraction of sp³-hybridized carbons (Fsp3) is 0.280. The van der Waals surface area contributed by atoms with E-state index in [1.54, 1.807) is 0 Å². The summed E-state index contributed by atoms with van der Waals surface area (Å²) >= 11 is 0. The maximum Gasteiger partial charge on any atom is 0.222 e. The number of benzene rings is 3. The van der Waals surface area contributed by atoms with Gasteiger partial charge in [0.25, 0.3) is 0 Å². The van der Waals surface area contributed by atoms with Crippen LogP contribution >= 0.6 is 0 Å². The minimum Gasteiger partial charge on any atom is -0.378 e. The lowest BCUT2D eigenvalue weighted by Gasteiger charge is -2.41. The summed E-state index contributed by atoms with van der Waals surface area (Å²) in [6, 6.07) is 21.0. The summed E-state index contributed by atoms with van der Waals surface area (Å²) in [6.07, 6.45) is -0.432. The van der Waals surface area contributed by atoms with Gasteiger partial charge in [-0.1, -0.05) is 42.5 Å². The van der Waals surface area contributed by atoms with Crippen LogP contribution in [0.1, 0.15) is 11.1 Å². The van der Waals surface area contributed by atoms with Crippen LogP contribution in [0.3, 0.4) is 0 Å². The van der Waals surface area contributed by atoms with Gasteiger partial charge in [-0.3, -0.25) is 4.90 Å². The Morgan fingerprint density at radius 1 is 0.969 bits per heavy atom. The minimum atomic E-state index is -0.432. The lowest BCUT2D eigenvalue weighted by atomic mass is 10.1. The third-order valence-corrected chi connectivity index (χ3v) is 6.05. The zero-order valence-electron chi connectivity index (χ0n) is 18.5. The summed E-state index contributed by atoms with van der Waals surface area (Å²) in [5.74, 6) is 1.06. The van der Waals surface area contributed by atoms with E-state index in [-0.39, 0.29) is 5.96 Å².